The first-order valence-corrected chi connectivity index (χ1v) is 9.89. The van der Waals surface area contributed by atoms with E-state index in [0.29, 0.717) is 5.92 Å². The maximum absolute atomic E-state index is 4.71. The van der Waals surface area contributed by atoms with Crippen molar-refractivity contribution in [2.75, 3.05) is 36.0 Å². The minimum atomic E-state index is 0.517. The van der Waals surface area contributed by atoms with Crippen molar-refractivity contribution >= 4 is 11.6 Å². The summed E-state index contributed by atoms with van der Waals surface area (Å²) in [4.78, 5) is 23.0. The number of aromatic nitrogens is 4. The Kier molecular flexibility index (Phi) is 5.00. The van der Waals surface area contributed by atoms with Gasteiger partial charge in [0, 0.05) is 55.6 Å². The Bertz CT molecular complexity index is 748. The third-order valence-corrected chi connectivity index (χ3v) is 5.66. The zero-order valence-electron chi connectivity index (χ0n) is 15.9. The number of nitrogens with zero attached hydrogens (tertiary/aromatic N) is 6. The summed E-state index contributed by atoms with van der Waals surface area (Å²) in [6.07, 6.45) is 9.48. The van der Waals surface area contributed by atoms with E-state index >= 15 is 0 Å². The van der Waals surface area contributed by atoms with E-state index in [1.165, 1.54) is 24.1 Å². The van der Waals surface area contributed by atoms with Crippen molar-refractivity contribution in [3.63, 3.8) is 0 Å². The van der Waals surface area contributed by atoms with E-state index in [2.05, 4.69) is 37.7 Å². The van der Waals surface area contributed by atoms with Gasteiger partial charge in [0.05, 0.1) is 0 Å². The van der Waals surface area contributed by atoms with Crippen LogP contribution in [0.25, 0.3) is 0 Å². The van der Waals surface area contributed by atoms with E-state index in [1.807, 2.05) is 13.1 Å². The first-order valence-electron chi connectivity index (χ1n) is 9.89. The monoisotopic (exact) mass is 352 g/mol. The lowest BCUT2D eigenvalue weighted by atomic mass is 9.93. The molecular weight excluding hydrogens is 324 g/mol. The maximum atomic E-state index is 4.71. The predicted octanol–water partition coefficient (Wildman–Crippen LogP) is 3.12. The molecule has 0 saturated carbocycles. The number of rotatable bonds is 4. The Labute approximate surface area is 155 Å². The number of hydrogen-bond donors (Lipinski definition) is 0. The highest BCUT2D eigenvalue weighted by molar-refractivity contribution is 5.47. The second-order valence-corrected chi connectivity index (χ2v) is 7.38. The fourth-order valence-corrected chi connectivity index (χ4v) is 4.10. The Morgan fingerprint density at radius 3 is 2.50 bits per heavy atom. The second kappa shape index (κ2) is 7.56. The van der Waals surface area contributed by atoms with Crippen LogP contribution in [0.2, 0.25) is 0 Å². The maximum Gasteiger partial charge on any atom is 0.135 e. The van der Waals surface area contributed by atoms with Gasteiger partial charge in [-0.15, -0.1) is 0 Å². The summed E-state index contributed by atoms with van der Waals surface area (Å²) in [5.41, 5.74) is 2.45. The van der Waals surface area contributed by atoms with Crippen molar-refractivity contribution in [1.29, 1.82) is 0 Å². The van der Waals surface area contributed by atoms with Crippen molar-refractivity contribution in [1.82, 2.24) is 19.9 Å². The Hall–Kier alpha value is -2.24. The summed E-state index contributed by atoms with van der Waals surface area (Å²) in [6, 6.07) is 2.22. The molecule has 0 aromatic carbocycles. The summed E-state index contributed by atoms with van der Waals surface area (Å²) >= 11 is 0. The van der Waals surface area contributed by atoms with Crippen LogP contribution in [0.1, 0.15) is 55.6 Å². The number of hydrogen-bond acceptors (Lipinski definition) is 6. The lowest BCUT2D eigenvalue weighted by Gasteiger charge is -2.33. The molecule has 0 N–H and O–H groups in total. The molecule has 6 heteroatoms. The van der Waals surface area contributed by atoms with Crippen LogP contribution in [-0.4, -0.2) is 46.1 Å². The van der Waals surface area contributed by atoms with Crippen LogP contribution >= 0.6 is 0 Å². The lowest BCUT2D eigenvalue weighted by Crippen LogP contribution is -2.34. The molecule has 4 heterocycles. The van der Waals surface area contributed by atoms with Gasteiger partial charge >= 0.3 is 0 Å². The van der Waals surface area contributed by atoms with Crippen LogP contribution in [0.15, 0.2) is 18.6 Å². The molecule has 26 heavy (non-hydrogen) atoms. The fourth-order valence-electron chi connectivity index (χ4n) is 4.10. The average Bonchev–Trinajstić information content (AvgIpc) is 3.23. The van der Waals surface area contributed by atoms with Crippen LogP contribution in [0, 0.1) is 6.92 Å². The quantitative estimate of drug-likeness (QED) is 0.843. The molecule has 0 aliphatic carbocycles. The van der Waals surface area contributed by atoms with Gasteiger partial charge in [-0.1, -0.05) is 6.92 Å². The molecule has 0 atom stereocenters. The van der Waals surface area contributed by atoms with Gasteiger partial charge in [0.25, 0.3) is 0 Å². The van der Waals surface area contributed by atoms with Crippen molar-refractivity contribution in [2.45, 2.75) is 51.9 Å². The largest absolute Gasteiger partial charge is 0.357 e. The minimum Gasteiger partial charge on any atom is -0.357 e. The van der Waals surface area contributed by atoms with Crippen LogP contribution in [-0.2, 0) is 6.42 Å². The molecule has 138 valence electrons. The van der Waals surface area contributed by atoms with Gasteiger partial charge in [-0.25, -0.2) is 19.9 Å². The van der Waals surface area contributed by atoms with Crippen LogP contribution in [0.5, 0.6) is 0 Å². The highest BCUT2D eigenvalue weighted by Crippen LogP contribution is 2.31. The molecule has 4 rings (SSSR count). The van der Waals surface area contributed by atoms with E-state index in [1.54, 1.807) is 6.33 Å². The minimum absolute atomic E-state index is 0.517. The summed E-state index contributed by atoms with van der Waals surface area (Å²) in [7, 11) is 0. The molecule has 2 fully saturated rings. The van der Waals surface area contributed by atoms with E-state index in [9.17, 15) is 0 Å². The average molecular weight is 352 g/mol. The summed E-state index contributed by atoms with van der Waals surface area (Å²) in [6.45, 7) is 8.44. The van der Waals surface area contributed by atoms with E-state index in [-0.39, 0.29) is 0 Å². The Morgan fingerprint density at radius 1 is 1.00 bits per heavy atom. The molecule has 0 unspecified atom stereocenters. The highest BCUT2D eigenvalue weighted by atomic mass is 15.2. The molecule has 0 radical (unpaired) electrons. The zero-order valence-corrected chi connectivity index (χ0v) is 15.9. The molecule has 2 aliphatic rings. The first-order chi connectivity index (χ1) is 12.7. The molecular formula is C20H28N6. The standard InChI is InChI=1S/C20H28N6/c1-3-16-13-21-15(2)24-20(16)26-10-6-17(7-11-26)18-12-19(23-14-22-18)25-8-4-5-9-25/h12-14,17H,3-11H2,1-2H3. The van der Waals surface area contributed by atoms with E-state index in [0.717, 1.165) is 62.9 Å². The van der Waals surface area contributed by atoms with Gasteiger partial charge in [0.1, 0.15) is 23.8 Å². The van der Waals surface area contributed by atoms with Gasteiger partial charge < -0.3 is 9.80 Å². The molecule has 2 aromatic heterocycles. The van der Waals surface area contributed by atoms with Gasteiger partial charge in [0.15, 0.2) is 0 Å². The molecule has 0 spiro atoms. The third kappa shape index (κ3) is 3.50. The predicted molar refractivity (Wildman–Crippen MR) is 104 cm³/mol. The summed E-state index contributed by atoms with van der Waals surface area (Å²) in [5.74, 6) is 3.60. The van der Waals surface area contributed by atoms with Crippen molar-refractivity contribution in [3.05, 3.63) is 35.7 Å². The molecule has 2 aliphatic heterocycles. The van der Waals surface area contributed by atoms with Crippen molar-refractivity contribution < 1.29 is 0 Å². The molecule has 2 saturated heterocycles. The Balaban J connectivity index is 1.45. The molecule has 6 nitrogen and oxygen atoms in total. The fraction of sp³-hybridized carbons (Fsp3) is 0.600. The topological polar surface area (TPSA) is 58.0 Å². The van der Waals surface area contributed by atoms with Crippen molar-refractivity contribution in [3.8, 4) is 0 Å². The summed E-state index contributed by atoms with van der Waals surface area (Å²) in [5, 5.41) is 0. The van der Waals surface area contributed by atoms with Gasteiger partial charge in [0.2, 0.25) is 0 Å². The smallest absolute Gasteiger partial charge is 0.135 e. The normalized spacial score (nSPS) is 18.5. The highest BCUT2D eigenvalue weighted by Gasteiger charge is 2.25. The third-order valence-electron chi connectivity index (χ3n) is 5.66. The van der Waals surface area contributed by atoms with Crippen LogP contribution in [0.3, 0.4) is 0 Å². The molecule has 2 aromatic rings. The van der Waals surface area contributed by atoms with Crippen molar-refractivity contribution in [2.24, 2.45) is 0 Å². The van der Waals surface area contributed by atoms with E-state index < -0.39 is 0 Å². The summed E-state index contributed by atoms with van der Waals surface area (Å²) < 4.78 is 0. The van der Waals surface area contributed by atoms with E-state index in [4.69, 9.17) is 4.98 Å². The number of piperidine rings is 1. The first kappa shape index (κ1) is 17.2. The van der Waals surface area contributed by atoms with Crippen LogP contribution < -0.4 is 9.80 Å². The lowest BCUT2D eigenvalue weighted by molar-refractivity contribution is 0.491. The number of aryl methyl sites for hydroxylation is 2. The zero-order chi connectivity index (χ0) is 17.9. The second-order valence-electron chi connectivity index (χ2n) is 7.38. The van der Waals surface area contributed by atoms with Gasteiger partial charge in [-0.3, -0.25) is 0 Å². The SMILES string of the molecule is CCc1cnc(C)nc1N1CCC(c2cc(N3CCCC3)ncn2)CC1. The van der Waals surface area contributed by atoms with Gasteiger partial charge in [-0.05, 0) is 39.0 Å². The Morgan fingerprint density at radius 2 is 1.77 bits per heavy atom. The van der Waals surface area contributed by atoms with Gasteiger partial charge in [-0.2, -0.15) is 0 Å². The molecule has 0 bridgehead atoms. The number of anilines is 2. The molecule has 0 amide bonds. The van der Waals surface area contributed by atoms with Crippen LogP contribution in [0.4, 0.5) is 11.6 Å².